The third kappa shape index (κ3) is 2.57. The number of anilines is 1. The Bertz CT molecular complexity index is 902. The predicted molar refractivity (Wildman–Crippen MR) is 81.5 cm³/mol. The lowest BCUT2D eigenvalue weighted by molar-refractivity contribution is 0.597. The van der Waals surface area contributed by atoms with Gasteiger partial charge in [0.15, 0.2) is 5.03 Å². The number of benzene rings is 1. The van der Waals surface area contributed by atoms with E-state index in [1.165, 1.54) is 6.20 Å². The Kier molecular flexibility index (Phi) is 3.31. The predicted octanol–water partition coefficient (Wildman–Crippen LogP) is 2.74. The van der Waals surface area contributed by atoms with Gasteiger partial charge in [-0.3, -0.25) is 9.71 Å². The Morgan fingerprint density at radius 3 is 2.48 bits per heavy atom. The summed E-state index contributed by atoms with van der Waals surface area (Å²) >= 11 is 0. The van der Waals surface area contributed by atoms with Gasteiger partial charge < -0.3 is 0 Å². The second kappa shape index (κ2) is 5.14. The molecule has 0 aliphatic heterocycles. The van der Waals surface area contributed by atoms with Gasteiger partial charge in [-0.15, -0.1) is 0 Å². The molecule has 0 aliphatic carbocycles. The van der Waals surface area contributed by atoms with Crippen molar-refractivity contribution in [1.82, 2.24) is 9.97 Å². The van der Waals surface area contributed by atoms with Gasteiger partial charge in [0.25, 0.3) is 10.0 Å². The minimum absolute atomic E-state index is 0.0259. The zero-order valence-corrected chi connectivity index (χ0v) is 12.1. The second-order valence-corrected chi connectivity index (χ2v) is 6.21. The summed E-state index contributed by atoms with van der Waals surface area (Å²) in [5.41, 5.74) is 1.65. The van der Waals surface area contributed by atoms with Gasteiger partial charge >= 0.3 is 0 Å². The van der Waals surface area contributed by atoms with Crippen molar-refractivity contribution in [3.8, 4) is 0 Å². The van der Waals surface area contributed by atoms with E-state index in [0.717, 1.165) is 5.39 Å². The van der Waals surface area contributed by atoms with Gasteiger partial charge in [0.1, 0.15) is 0 Å². The first-order valence-electron chi connectivity index (χ1n) is 6.36. The molecule has 0 saturated carbocycles. The minimum Gasteiger partial charge on any atom is -0.276 e. The van der Waals surface area contributed by atoms with E-state index in [9.17, 15) is 8.42 Å². The third-order valence-electron chi connectivity index (χ3n) is 3.09. The average Bonchev–Trinajstić information content (AvgIpc) is 2.47. The van der Waals surface area contributed by atoms with Crippen LogP contribution in [-0.4, -0.2) is 18.4 Å². The van der Waals surface area contributed by atoms with Crippen molar-refractivity contribution in [3.63, 3.8) is 0 Å². The fraction of sp³-hybridized carbons (Fsp3) is 0.0667. The number of pyridine rings is 2. The lowest BCUT2D eigenvalue weighted by Crippen LogP contribution is -2.16. The Morgan fingerprint density at radius 2 is 1.67 bits per heavy atom. The molecule has 6 heteroatoms. The molecule has 0 radical (unpaired) electrons. The van der Waals surface area contributed by atoms with Crippen LogP contribution in [0.25, 0.3) is 10.9 Å². The van der Waals surface area contributed by atoms with Crippen LogP contribution in [0.4, 0.5) is 5.69 Å². The molecule has 2 heterocycles. The lowest BCUT2D eigenvalue weighted by atomic mass is 10.2. The van der Waals surface area contributed by atoms with E-state index in [-0.39, 0.29) is 5.03 Å². The summed E-state index contributed by atoms with van der Waals surface area (Å²) in [5.74, 6) is 0. The number of hydrogen-bond donors (Lipinski definition) is 1. The molecule has 21 heavy (non-hydrogen) atoms. The maximum absolute atomic E-state index is 12.5. The van der Waals surface area contributed by atoms with Gasteiger partial charge in [0, 0.05) is 17.8 Å². The monoisotopic (exact) mass is 299 g/mol. The first-order chi connectivity index (χ1) is 10.1. The van der Waals surface area contributed by atoms with Crippen molar-refractivity contribution >= 4 is 26.6 Å². The van der Waals surface area contributed by atoms with E-state index in [0.29, 0.717) is 16.8 Å². The molecule has 0 unspecified atom stereocenters. The Labute approximate surface area is 122 Å². The highest BCUT2D eigenvalue weighted by Gasteiger charge is 2.19. The third-order valence-corrected chi connectivity index (χ3v) is 4.52. The molecule has 0 atom stereocenters. The van der Waals surface area contributed by atoms with Crippen LogP contribution in [0.1, 0.15) is 5.56 Å². The van der Waals surface area contributed by atoms with Gasteiger partial charge in [-0.05, 0) is 30.7 Å². The summed E-state index contributed by atoms with van der Waals surface area (Å²) in [7, 11) is -3.74. The van der Waals surface area contributed by atoms with Crippen molar-refractivity contribution in [2.75, 3.05) is 4.72 Å². The second-order valence-electron chi connectivity index (χ2n) is 4.61. The summed E-state index contributed by atoms with van der Waals surface area (Å²) in [6.45, 7) is 1.71. The van der Waals surface area contributed by atoms with Crippen LogP contribution >= 0.6 is 0 Å². The molecule has 5 nitrogen and oxygen atoms in total. The SMILES string of the molecule is Cc1cccnc1S(=O)(=O)Nc1cccc2cccnc12. The van der Waals surface area contributed by atoms with Crippen LogP contribution in [0.15, 0.2) is 59.9 Å². The fourth-order valence-electron chi connectivity index (χ4n) is 2.13. The highest BCUT2D eigenvalue weighted by Crippen LogP contribution is 2.23. The number of nitrogens with zero attached hydrogens (tertiary/aromatic N) is 2. The summed E-state index contributed by atoms with van der Waals surface area (Å²) in [6.07, 6.45) is 3.09. The standard InChI is InChI=1S/C15H13N3O2S/c1-11-5-3-10-17-15(11)21(19,20)18-13-8-2-6-12-7-4-9-16-14(12)13/h2-10,18H,1H3. The van der Waals surface area contributed by atoms with Crippen LogP contribution in [0.5, 0.6) is 0 Å². The first-order valence-corrected chi connectivity index (χ1v) is 7.84. The van der Waals surface area contributed by atoms with Crippen LogP contribution in [-0.2, 0) is 10.0 Å². The van der Waals surface area contributed by atoms with E-state index in [2.05, 4.69) is 14.7 Å². The molecule has 2 aromatic heterocycles. The smallest absolute Gasteiger partial charge is 0.276 e. The highest BCUT2D eigenvalue weighted by atomic mass is 32.2. The molecule has 0 spiro atoms. The molecule has 3 rings (SSSR count). The molecular weight excluding hydrogens is 286 g/mol. The van der Waals surface area contributed by atoms with Gasteiger partial charge in [-0.1, -0.05) is 24.3 Å². The number of aryl methyl sites for hydroxylation is 1. The molecule has 0 amide bonds. The molecule has 1 aromatic carbocycles. The molecular formula is C15H13N3O2S. The number of fused-ring (bicyclic) bond motifs is 1. The summed E-state index contributed by atoms with van der Waals surface area (Å²) in [6, 6.07) is 12.5. The number of nitrogens with one attached hydrogen (secondary N) is 1. The minimum atomic E-state index is -3.74. The zero-order valence-electron chi connectivity index (χ0n) is 11.3. The van der Waals surface area contributed by atoms with Crippen molar-refractivity contribution < 1.29 is 8.42 Å². The van der Waals surface area contributed by atoms with E-state index in [1.54, 1.807) is 37.4 Å². The summed E-state index contributed by atoms with van der Waals surface area (Å²) in [4.78, 5) is 8.19. The van der Waals surface area contributed by atoms with Gasteiger partial charge in [-0.25, -0.2) is 4.98 Å². The van der Waals surface area contributed by atoms with Crippen molar-refractivity contribution in [2.24, 2.45) is 0 Å². The van der Waals surface area contributed by atoms with E-state index < -0.39 is 10.0 Å². The van der Waals surface area contributed by atoms with Crippen LogP contribution in [0, 0.1) is 6.92 Å². The first kappa shape index (κ1) is 13.5. The summed E-state index contributed by atoms with van der Waals surface area (Å²) in [5, 5.41) is 0.897. The number of aromatic nitrogens is 2. The van der Waals surface area contributed by atoms with Crippen LogP contribution in [0.2, 0.25) is 0 Å². The molecule has 3 aromatic rings. The fourth-order valence-corrected chi connectivity index (χ4v) is 3.37. The lowest BCUT2D eigenvalue weighted by Gasteiger charge is -2.10. The molecule has 0 fully saturated rings. The Hall–Kier alpha value is -2.47. The topological polar surface area (TPSA) is 72.0 Å². The van der Waals surface area contributed by atoms with E-state index in [1.807, 2.05) is 18.2 Å². The van der Waals surface area contributed by atoms with Crippen molar-refractivity contribution in [3.05, 3.63) is 60.4 Å². The Morgan fingerprint density at radius 1 is 0.952 bits per heavy atom. The normalized spacial score (nSPS) is 11.5. The summed E-state index contributed by atoms with van der Waals surface area (Å²) < 4.78 is 27.5. The molecule has 0 bridgehead atoms. The molecule has 0 aliphatic rings. The maximum atomic E-state index is 12.5. The quantitative estimate of drug-likeness (QED) is 0.807. The van der Waals surface area contributed by atoms with E-state index >= 15 is 0 Å². The Balaban J connectivity index is 2.08. The maximum Gasteiger partial charge on any atom is 0.279 e. The van der Waals surface area contributed by atoms with Crippen molar-refractivity contribution in [1.29, 1.82) is 0 Å². The zero-order chi connectivity index (χ0) is 14.9. The number of sulfonamides is 1. The number of para-hydroxylation sites is 1. The molecule has 1 N–H and O–H groups in total. The largest absolute Gasteiger partial charge is 0.279 e. The number of hydrogen-bond acceptors (Lipinski definition) is 4. The van der Waals surface area contributed by atoms with Gasteiger partial charge in [0.05, 0.1) is 11.2 Å². The highest BCUT2D eigenvalue weighted by molar-refractivity contribution is 7.92. The van der Waals surface area contributed by atoms with Gasteiger partial charge in [0.2, 0.25) is 0 Å². The number of rotatable bonds is 3. The van der Waals surface area contributed by atoms with Crippen LogP contribution < -0.4 is 4.72 Å². The van der Waals surface area contributed by atoms with Gasteiger partial charge in [-0.2, -0.15) is 8.42 Å². The molecule has 0 saturated heterocycles. The average molecular weight is 299 g/mol. The van der Waals surface area contributed by atoms with Crippen molar-refractivity contribution in [2.45, 2.75) is 11.9 Å². The van der Waals surface area contributed by atoms with Crippen LogP contribution in [0.3, 0.4) is 0 Å². The van der Waals surface area contributed by atoms with E-state index in [4.69, 9.17) is 0 Å². The molecule has 106 valence electrons.